The minimum atomic E-state index is 0.0744. The van der Waals surface area contributed by atoms with Crippen molar-refractivity contribution in [2.75, 3.05) is 5.32 Å². The molecule has 86 valence electrons. The van der Waals surface area contributed by atoms with Crippen LogP contribution in [0, 0.1) is 0 Å². The van der Waals surface area contributed by atoms with Crippen molar-refractivity contribution in [3.8, 4) is 0 Å². The molecule has 0 radical (unpaired) electrons. The first-order chi connectivity index (χ1) is 8.14. The Bertz CT molecular complexity index is 620. The molecule has 0 saturated carbocycles. The Morgan fingerprint density at radius 3 is 2.59 bits per heavy atom. The lowest BCUT2D eigenvalue weighted by atomic mass is 9.81. The molecule has 3 rings (SSSR count). The van der Waals surface area contributed by atoms with E-state index >= 15 is 0 Å². The van der Waals surface area contributed by atoms with E-state index in [2.05, 4.69) is 68.6 Å². The number of hydrogen-bond donors (Lipinski definition) is 1. The summed E-state index contributed by atoms with van der Waals surface area (Å²) in [5, 5.41) is 6.21. The van der Waals surface area contributed by atoms with Crippen LogP contribution in [0.2, 0.25) is 0 Å². The van der Waals surface area contributed by atoms with Gasteiger partial charge in [-0.25, -0.2) is 0 Å². The van der Waals surface area contributed by atoms with E-state index in [1.54, 1.807) is 0 Å². The van der Waals surface area contributed by atoms with Crippen LogP contribution in [-0.4, -0.2) is 0 Å². The smallest absolute Gasteiger partial charge is 0.0430 e. The lowest BCUT2D eigenvalue weighted by Crippen LogP contribution is -2.17. The molecule has 1 heterocycles. The molecule has 0 bridgehead atoms. The molecule has 0 atom stereocenters. The summed E-state index contributed by atoms with van der Waals surface area (Å²) in [6, 6.07) is 13.0. The Morgan fingerprint density at radius 1 is 1.06 bits per heavy atom. The topological polar surface area (TPSA) is 12.0 Å². The van der Waals surface area contributed by atoms with E-state index in [1.807, 2.05) is 0 Å². The van der Waals surface area contributed by atoms with Gasteiger partial charge in [0.2, 0.25) is 0 Å². The molecule has 1 N–H and O–H groups in total. The van der Waals surface area contributed by atoms with Crippen molar-refractivity contribution in [3.05, 3.63) is 53.7 Å². The van der Waals surface area contributed by atoms with Gasteiger partial charge in [-0.3, -0.25) is 0 Å². The van der Waals surface area contributed by atoms with Crippen LogP contribution >= 0.6 is 0 Å². The normalized spacial score (nSPS) is 19.4. The quantitative estimate of drug-likeness (QED) is 0.696. The summed E-state index contributed by atoms with van der Waals surface area (Å²) in [5.74, 6) is 0. The second-order valence-electron chi connectivity index (χ2n) is 5.16. The van der Waals surface area contributed by atoms with E-state index in [0.29, 0.717) is 0 Å². The van der Waals surface area contributed by atoms with Gasteiger partial charge < -0.3 is 5.32 Å². The Kier molecular flexibility index (Phi) is 2.06. The molecule has 2 aromatic rings. The van der Waals surface area contributed by atoms with E-state index in [9.17, 15) is 0 Å². The van der Waals surface area contributed by atoms with Crippen LogP contribution in [-0.2, 0) is 5.41 Å². The van der Waals surface area contributed by atoms with Gasteiger partial charge >= 0.3 is 0 Å². The molecular formula is C16H17N. The zero-order chi connectivity index (χ0) is 12.0. The van der Waals surface area contributed by atoms with Crippen molar-refractivity contribution < 1.29 is 0 Å². The molecule has 1 aliphatic rings. The highest BCUT2D eigenvalue weighted by Crippen LogP contribution is 2.46. The highest BCUT2D eigenvalue weighted by molar-refractivity contribution is 5.94. The monoisotopic (exact) mass is 223 g/mol. The molecule has 1 heteroatoms. The maximum Gasteiger partial charge on any atom is 0.0430 e. The summed E-state index contributed by atoms with van der Waals surface area (Å²) in [6.07, 6.45) is 2.18. The lowest BCUT2D eigenvalue weighted by Gasteiger charge is -2.21. The molecule has 2 aromatic carbocycles. The van der Waals surface area contributed by atoms with E-state index < -0.39 is 0 Å². The van der Waals surface area contributed by atoms with Crippen LogP contribution in [0.5, 0.6) is 0 Å². The molecular weight excluding hydrogens is 206 g/mol. The van der Waals surface area contributed by atoms with Gasteiger partial charge in [0.1, 0.15) is 0 Å². The number of fused-ring (bicyclic) bond motifs is 3. The van der Waals surface area contributed by atoms with Gasteiger partial charge in [-0.05, 0) is 29.3 Å². The van der Waals surface area contributed by atoms with Gasteiger partial charge in [-0.15, -0.1) is 0 Å². The number of allylic oxidation sites excluding steroid dienone is 2. The lowest BCUT2D eigenvalue weighted by molar-refractivity contribution is 0.658. The van der Waals surface area contributed by atoms with Crippen molar-refractivity contribution in [3.63, 3.8) is 0 Å². The van der Waals surface area contributed by atoms with Crippen molar-refractivity contribution in [1.29, 1.82) is 0 Å². The van der Waals surface area contributed by atoms with Crippen LogP contribution in [0.4, 0.5) is 5.69 Å². The predicted octanol–water partition coefficient (Wildman–Crippen LogP) is 4.45. The summed E-state index contributed by atoms with van der Waals surface area (Å²) >= 11 is 0. The largest absolute Gasteiger partial charge is 0.358 e. The molecule has 0 amide bonds. The molecule has 0 unspecified atom stereocenters. The van der Waals surface area contributed by atoms with Crippen molar-refractivity contribution in [2.24, 2.45) is 0 Å². The summed E-state index contributed by atoms with van der Waals surface area (Å²) in [6.45, 7) is 6.67. The van der Waals surface area contributed by atoms with Crippen LogP contribution in [0.3, 0.4) is 0 Å². The van der Waals surface area contributed by atoms with E-state index in [1.165, 1.54) is 27.7 Å². The molecule has 0 aliphatic carbocycles. The van der Waals surface area contributed by atoms with Crippen molar-refractivity contribution >= 4 is 16.5 Å². The molecule has 0 saturated heterocycles. The van der Waals surface area contributed by atoms with Crippen LogP contribution in [0.1, 0.15) is 26.3 Å². The Hall–Kier alpha value is -1.76. The van der Waals surface area contributed by atoms with Gasteiger partial charge in [0, 0.05) is 16.8 Å². The van der Waals surface area contributed by atoms with E-state index in [4.69, 9.17) is 0 Å². The number of nitrogens with one attached hydrogen (secondary N) is 1. The van der Waals surface area contributed by atoms with Crippen LogP contribution in [0.15, 0.2) is 48.2 Å². The van der Waals surface area contributed by atoms with Gasteiger partial charge in [-0.1, -0.05) is 50.3 Å². The first-order valence-electron chi connectivity index (χ1n) is 6.10. The van der Waals surface area contributed by atoms with E-state index in [-0.39, 0.29) is 5.41 Å². The average molecular weight is 223 g/mol. The summed E-state index contributed by atoms with van der Waals surface area (Å²) in [7, 11) is 0. The van der Waals surface area contributed by atoms with Crippen molar-refractivity contribution in [1.82, 2.24) is 0 Å². The molecule has 0 aromatic heterocycles. The van der Waals surface area contributed by atoms with Crippen LogP contribution < -0.4 is 5.32 Å². The van der Waals surface area contributed by atoms with Gasteiger partial charge in [0.15, 0.2) is 0 Å². The van der Waals surface area contributed by atoms with Gasteiger partial charge in [0.25, 0.3) is 0 Å². The second kappa shape index (κ2) is 3.36. The molecule has 0 fully saturated rings. The minimum Gasteiger partial charge on any atom is -0.358 e. The zero-order valence-corrected chi connectivity index (χ0v) is 10.5. The van der Waals surface area contributed by atoms with Gasteiger partial charge in [0.05, 0.1) is 0 Å². The zero-order valence-electron chi connectivity index (χ0n) is 10.5. The van der Waals surface area contributed by atoms with Crippen LogP contribution in [0.25, 0.3) is 10.8 Å². The fraction of sp³-hybridized carbons (Fsp3) is 0.250. The number of rotatable bonds is 0. The van der Waals surface area contributed by atoms with E-state index in [0.717, 1.165) is 0 Å². The number of benzene rings is 2. The standard InChI is InChI=1S/C16H17N/c1-4-14-16(2,3)15-12-8-6-5-7-11(12)9-10-13(15)17-14/h4-10,17H,1-3H3/b14-4-. The first kappa shape index (κ1) is 10.4. The van der Waals surface area contributed by atoms with Gasteiger partial charge in [-0.2, -0.15) is 0 Å². The number of hydrogen-bond acceptors (Lipinski definition) is 1. The molecule has 0 spiro atoms. The highest BCUT2D eigenvalue weighted by Gasteiger charge is 2.35. The maximum atomic E-state index is 3.53. The molecule has 1 nitrogen and oxygen atoms in total. The first-order valence-corrected chi connectivity index (χ1v) is 6.10. The summed E-state index contributed by atoms with van der Waals surface area (Å²) in [5.41, 5.74) is 4.04. The molecule has 17 heavy (non-hydrogen) atoms. The fourth-order valence-electron chi connectivity index (χ4n) is 2.92. The average Bonchev–Trinajstić information content (AvgIpc) is 2.61. The summed E-state index contributed by atoms with van der Waals surface area (Å²) in [4.78, 5) is 0. The maximum absolute atomic E-state index is 3.53. The van der Waals surface area contributed by atoms with Crippen molar-refractivity contribution in [2.45, 2.75) is 26.2 Å². The third-order valence-electron chi connectivity index (χ3n) is 3.79. The summed E-state index contributed by atoms with van der Waals surface area (Å²) < 4.78 is 0. The molecule has 1 aliphatic heterocycles. The fourth-order valence-corrected chi connectivity index (χ4v) is 2.92. The third-order valence-corrected chi connectivity index (χ3v) is 3.79. The second-order valence-corrected chi connectivity index (χ2v) is 5.16. The Labute approximate surface area is 102 Å². The Balaban J connectivity index is 2.40. The Morgan fingerprint density at radius 2 is 1.82 bits per heavy atom. The highest BCUT2D eigenvalue weighted by atomic mass is 15.0. The number of anilines is 1. The minimum absolute atomic E-state index is 0.0744. The predicted molar refractivity (Wildman–Crippen MR) is 74.4 cm³/mol. The third kappa shape index (κ3) is 1.32. The SMILES string of the molecule is C/C=C1\Nc2ccc3ccccc3c2C1(C)C.